The van der Waals surface area contributed by atoms with Crippen LogP contribution < -0.4 is 5.32 Å². The lowest BCUT2D eigenvalue weighted by Gasteiger charge is -2.27. The molecule has 1 aliphatic heterocycles. The molecule has 0 saturated carbocycles. The van der Waals surface area contributed by atoms with Crippen molar-refractivity contribution < 1.29 is 9.13 Å². The molecule has 1 fully saturated rings. The van der Waals surface area contributed by atoms with E-state index in [2.05, 4.69) is 24.2 Å². The van der Waals surface area contributed by atoms with Crippen LogP contribution in [0.1, 0.15) is 30.9 Å². The number of rotatable bonds is 7. The minimum absolute atomic E-state index is 0.103. The molecule has 0 atom stereocenters. The molecule has 1 N–H and O–H groups in total. The maximum atomic E-state index is 14.0. The van der Waals surface area contributed by atoms with Crippen molar-refractivity contribution in [2.45, 2.75) is 32.9 Å². The van der Waals surface area contributed by atoms with Crippen LogP contribution in [0.4, 0.5) is 4.39 Å². The summed E-state index contributed by atoms with van der Waals surface area (Å²) in [5.41, 5.74) is 1.94. The van der Waals surface area contributed by atoms with Crippen molar-refractivity contribution in [3.63, 3.8) is 0 Å². The number of halogens is 1. The molecule has 0 unspecified atom stereocenters. The first-order chi connectivity index (χ1) is 10.2. The lowest BCUT2D eigenvalue weighted by Crippen LogP contribution is -2.29. The number of benzene rings is 1. The molecular weight excluding hydrogens is 267 g/mol. The highest BCUT2D eigenvalue weighted by atomic mass is 19.1. The van der Waals surface area contributed by atoms with Crippen LogP contribution in [0, 0.1) is 11.7 Å². The van der Waals surface area contributed by atoms with Crippen molar-refractivity contribution in [3.8, 4) is 0 Å². The smallest absolute Gasteiger partial charge is 0.127 e. The van der Waals surface area contributed by atoms with E-state index in [0.717, 1.165) is 56.8 Å². The number of hydrogen-bond donors (Lipinski definition) is 1. The molecule has 1 heterocycles. The molecule has 0 aliphatic carbocycles. The zero-order valence-corrected chi connectivity index (χ0v) is 13.2. The monoisotopic (exact) mass is 294 g/mol. The summed E-state index contributed by atoms with van der Waals surface area (Å²) in [5.74, 6) is 0.575. The fourth-order valence-corrected chi connectivity index (χ4v) is 2.85. The van der Waals surface area contributed by atoms with Crippen molar-refractivity contribution in [2.75, 3.05) is 33.4 Å². The first-order valence-corrected chi connectivity index (χ1v) is 7.93. The Bertz CT molecular complexity index is 433. The first kappa shape index (κ1) is 16.4. The Hall–Kier alpha value is -0.970. The highest BCUT2D eigenvalue weighted by Gasteiger charge is 2.16. The van der Waals surface area contributed by atoms with Gasteiger partial charge in [-0.15, -0.1) is 0 Å². The summed E-state index contributed by atoms with van der Waals surface area (Å²) in [7, 11) is 2.08. The normalized spacial score (nSPS) is 16.6. The second-order valence-electron chi connectivity index (χ2n) is 5.96. The number of ether oxygens (including phenoxy) is 1. The van der Waals surface area contributed by atoms with Crippen molar-refractivity contribution >= 4 is 0 Å². The molecule has 1 aromatic carbocycles. The van der Waals surface area contributed by atoms with E-state index in [0.29, 0.717) is 12.5 Å². The molecule has 21 heavy (non-hydrogen) atoms. The lowest BCUT2D eigenvalue weighted by atomic mass is 9.99. The van der Waals surface area contributed by atoms with Gasteiger partial charge in [-0.05, 0) is 44.0 Å². The predicted molar refractivity (Wildman–Crippen MR) is 83.7 cm³/mol. The van der Waals surface area contributed by atoms with E-state index in [4.69, 9.17) is 4.74 Å². The van der Waals surface area contributed by atoms with Gasteiger partial charge in [0.05, 0.1) is 0 Å². The molecular formula is C17H27FN2O. The van der Waals surface area contributed by atoms with Crippen molar-refractivity contribution in [1.82, 2.24) is 10.2 Å². The Morgan fingerprint density at radius 3 is 2.81 bits per heavy atom. The van der Waals surface area contributed by atoms with Crippen molar-refractivity contribution in [1.29, 1.82) is 0 Å². The van der Waals surface area contributed by atoms with Crippen LogP contribution in [-0.2, 0) is 17.8 Å². The second kappa shape index (κ2) is 8.47. The third-order valence-electron chi connectivity index (χ3n) is 4.04. The zero-order chi connectivity index (χ0) is 15.1. The third-order valence-corrected chi connectivity index (χ3v) is 4.04. The average Bonchev–Trinajstić information content (AvgIpc) is 2.49. The van der Waals surface area contributed by atoms with Gasteiger partial charge in [0.1, 0.15) is 5.82 Å². The van der Waals surface area contributed by atoms with Crippen LogP contribution in [0.5, 0.6) is 0 Å². The topological polar surface area (TPSA) is 24.5 Å². The van der Waals surface area contributed by atoms with Crippen LogP contribution in [0.25, 0.3) is 0 Å². The van der Waals surface area contributed by atoms with E-state index >= 15 is 0 Å². The Morgan fingerprint density at radius 1 is 1.33 bits per heavy atom. The zero-order valence-electron chi connectivity index (χ0n) is 13.2. The largest absolute Gasteiger partial charge is 0.381 e. The van der Waals surface area contributed by atoms with E-state index < -0.39 is 0 Å². The maximum Gasteiger partial charge on any atom is 0.127 e. The summed E-state index contributed by atoms with van der Waals surface area (Å²) < 4.78 is 19.4. The number of hydrogen-bond acceptors (Lipinski definition) is 3. The van der Waals surface area contributed by atoms with Gasteiger partial charge < -0.3 is 15.0 Å². The van der Waals surface area contributed by atoms with Gasteiger partial charge in [-0.1, -0.05) is 19.1 Å². The Balaban J connectivity index is 1.90. The molecule has 1 saturated heterocycles. The summed E-state index contributed by atoms with van der Waals surface area (Å²) >= 11 is 0. The molecule has 4 heteroatoms. The summed E-state index contributed by atoms with van der Waals surface area (Å²) in [6.45, 7) is 7.22. The van der Waals surface area contributed by atoms with E-state index in [-0.39, 0.29) is 5.82 Å². The van der Waals surface area contributed by atoms with Crippen LogP contribution in [0.2, 0.25) is 0 Å². The van der Waals surface area contributed by atoms with Crippen molar-refractivity contribution in [2.24, 2.45) is 5.92 Å². The molecule has 0 bridgehead atoms. The Labute approximate surface area is 127 Å². The van der Waals surface area contributed by atoms with E-state index in [1.807, 2.05) is 12.1 Å². The van der Waals surface area contributed by atoms with Gasteiger partial charge in [-0.25, -0.2) is 4.39 Å². The highest BCUT2D eigenvalue weighted by Crippen LogP contribution is 2.18. The van der Waals surface area contributed by atoms with E-state index in [9.17, 15) is 4.39 Å². The minimum atomic E-state index is -0.103. The summed E-state index contributed by atoms with van der Waals surface area (Å²) in [6, 6.07) is 5.43. The maximum absolute atomic E-state index is 14.0. The Morgan fingerprint density at radius 2 is 2.10 bits per heavy atom. The fourth-order valence-electron chi connectivity index (χ4n) is 2.85. The number of nitrogens with one attached hydrogen (secondary N) is 1. The van der Waals surface area contributed by atoms with Gasteiger partial charge in [-0.2, -0.15) is 0 Å². The molecule has 0 aromatic heterocycles. The molecule has 1 aliphatic rings. The minimum Gasteiger partial charge on any atom is -0.381 e. The molecule has 0 spiro atoms. The molecule has 2 rings (SSSR count). The Kier molecular flexibility index (Phi) is 6.61. The van der Waals surface area contributed by atoms with Gasteiger partial charge >= 0.3 is 0 Å². The average molecular weight is 294 g/mol. The predicted octanol–water partition coefficient (Wildman–Crippen LogP) is 2.79. The van der Waals surface area contributed by atoms with Crippen molar-refractivity contribution in [3.05, 3.63) is 35.1 Å². The summed E-state index contributed by atoms with van der Waals surface area (Å²) in [6.07, 6.45) is 2.24. The molecule has 0 amide bonds. The second-order valence-corrected chi connectivity index (χ2v) is 5.96. The lowest BCUT2D eigenvalue weighted by molar-refractivity contribution is 0.0548. The first-order valence-electron chi connectivity index (χ1n) is 7.93. The number of nitrogens with zero attached hydrogens (tertiary/aromatic N) is 1. The van der Waals surface area contributed by atoms with Gasteiger partial charge in [0.15, 0.2) is 0 Å². The highest BCUT2D eigenvalue weighted by molar-refractivity contribution is 5.25. The quantitative estimate of drug-likeness (QED) is 0.837. The van der Waals surface area contributed by atoms with Crippen LogP contribution in [0.3, 0.4) is 0 Å². The van der Waals surface area contributed by atoms with Crippen LogP contribution in [0.15, 0.2) is 18.2 Å². The fraction of sp³-hybridized carbons (Fsp3) is 0.647. The van der Waals surface area contributed by atoms with Gasteiger partial charge in [-0.3, -0.25) is 0 Å². The van der Waals surface area contributed by atoms with Gasteiger partial charge in [0.2, 0.25) is 0 Å². The van der Waals surface area contributed by atoms with E-state index in [1.54, 1.807) is 6.07 Å². The van der Waals surface area contributed by atoms with E-state index in [1.165, 1.54) is 0 Å². The molecule has 118 valence electrons. The van der Waals surface area contributed by atoms with Crippen LogP contribution in [-0.4, -0.2) is 38.3 Å². The standard InChI is InChI=1S/C17H27FN2O/c1-3-19-11-15-4-5-17(18)16(10-15)13-20(2)12-14-6-8-21-9-7-14/h4-5,10,14,19H,3,6-9,11-13H2,1-2H3. The van der Waals surface area contributed by atoms with Crippen LogP contribution >= 0.6 is 0 Å². The molecule has 0 radical (unpaired) electrons. The summed E-state index contributed by atoms with van der Waals surface area (Å²) in [4.78, 5) is 2.23. The third kappa shape index (κ3) is 5.38. The molecule has 3 nitrogen and oxygen atoms in total. The summed E-state index contributed by atoms with van der Waals surface area (Å²) in [5, 5.41) is 3.28. The molecule has 1 aromatic rings. The van der Waals surface area contributed by atoms with Gasteiger partial charge in [0, 0.05) is 38.4 Å². The SMILES string of the molecule is CCNCc1ccc(F)c(CN(C)CC2CCOCC2)c1. The van der Waals surface area contributed by atoms with Gasteiger partial charge in [0.25, 0.3) is 0 Å².